The number of nitrogens with zero attached hydrogens (tertiary/aromatic N) is 1. The van der Waals surface area contributed by atoms with E-state index >= 15 is 0 Å². The predicted octanol–water partition coefficient (Wildman–Crippen LogP) is 2.55. The molecule has 1 fully saturated rings. The number of aromatic hydroxyl groups is 1. The van der Waals surface area contributed by atoms with Crippen molar-refractivity contribution in [3.63, 3.8) is 0 Å². The van der Waals surface area contributed by atoms with E-state index in [1.165, 1.54) is 7.11 Å². The molecule has 0 aliphatic carbocycles. The summed E-state index contributed by atoms with van der Waals surface area (Å²) in [5, 5.41) is 9.72. The van der Waals surface area contributed by atoms with Crippen LogP contribution in [-0.2, 0) is 16.1 Å². The summed E-state index contributed by atoms with van der Waals surface area (Å²) in [5.74, 6) is 0.415. The second kappa shape index (κ2) is 7.13. The number of hydrogen-bond acceptors (Lipinski definition) is 5. The molecule has 1 atom stereocenters. The van der Waals surface area contributed by atoms with Crippen LogP contribution < -0.4 is 4.74 Å². The van der Waals surface area contributed by atoms with Crippen LogP contribution in [0.1, 0.15) is 18.9 Å². The van der Waals surface area contributed by atoms with Crippen LogP contribution in [0, 0.1) is 5.92 Å². The van der Waals surface area contributed by atoms with Crippen molar-refractivity contribution in [2.75, 3.05) is 26.8 Å². The monoisotopic (exact) mass is 357 g/mol. The third kappa shape index (κ3) is 3.89. The van der Waals surface area contributed by atoms with Crippen LogP contribution in [0.2, 0.25) is 0 Å². The number of likely N-dealkylation sites (tertiary alicyclic amines) is 1. The second-order valence-electron chi connectivity index (χ2n) is 5.09. The third-order valence-corrected chi connectivity index (χ3v) is 4.37. The van der Waals surface area contributed by atoms with Gasteiger partial charge in [-0.25, -0.2) is 0 Å². The van der Waals surface area contributed by atoms with E-state index in [2.05, 4.69) is 20.8 Å². The van der Waals surface area contributed by atoms with Gasteiger partial charge in [0.15, 0.2) is 11.5 Å². The van der Waals surface area contributed by atoms with Crippen molar-refractivity contribution >= 4 is 21.9 Å². The second-order valence-corrected chi connectivity index (χ2v) is 5.94. The highest BCUT2D eigenvalue weighted by molar-refractivity contribution is 9.10. The van der Waals surface area contributed by atoms with Crippen LogP contribution in [0.5, 0.6) is 11.5 Å². The molecule has 1 aromatic carbocycles. The number of carbonyl (C=O) groups is 1. The largest absolute Gasteiger partial charge is 0.504 e. The molecule has 0 radical (unpaired) electrons. The fourth-order valence-electron chi connectivity index (χ4n) is 2.54. The van der Waals surface area contributed by atoms with Gasteiger partial charge in [0.25, 0.3) is 0 Å². The van der Waals surface area contributed by atoms with Crippen molar-refractivity contribution in [2.24, 2.45) is 5.92 Å². The fraction of sp³-hybridized carbons (Fsp3) is 0.533. The summed E-state index contributed by atoms with van der Waals surface area (Å²) in [4.78, 5) is 14.0. The van der Waals surface area contributed by atoms with Crippen molar-refractivity contribution in [3.05, 3.63) is 22.2 Å². The third-order valence-electron chi connectivity index (χ3n) is 3.63. The number of benzene rings is 1. The summed E-state index contributed by atoms with van der Waals surface area (Å²) in [6.07, 6.45) is 0.825. The summed E-state index contributed by atoms with van der Waals surface area (Å²) in [5.41, 5.74) is 1.02. The molecule has 0 saturated carbocycles. The van der Waals surface area contributed by atoms with Gasteiger partial charge in [-0.15, -0.1) is 0 Å². The maximum atomic E-state index is 11.7. The fourth-order valence-corrected chi connectivity index (χ4v) is 3.00. The number of phenols is 1. The van der Waals surface area contributed by atoms with Crippen molar-refractivity contribution in [1.29, 1.82) is 0 Å². The SMILES string of the molecule is CCOC(=O)[C@@H]1CCN(Cc2cc(OC)c(O)cc2Br)C1. The minimum Gasteiger partial charge on any atom is -0.504 e. The van der Waals surface area contributed by atoms with Gasteiger partial charge in [0.2, 0.25) is 0 Å². The average molecular weight is 358 g/mol. The van der Waals surface area contributed by atoms with Gasteiger partial charge in [-0.3, -0.25) is 9.69 Å². The molecule has 1 aliphatic heterocycles. The average Bonchev–Trinajstić information content (AvgIpc) is 2.91. The Morgan fingerprint density at radius 2 is 2.29 bits per heavy atom. The molecule has 0 amide bonds. The number of carbonyl (C=O) groups excluding carboxylic acids is 1. The summed E-state index contributed by atoms with van der Waals surface area (Å²) >= 11 is 3.45. The van der Waals surface area contributed by atoms with Gasteiger partial charge < -0.3 is 14.6 Å². The minimum absolute atomic E-state index is 0.0391. The zero-order valence-corrected chi connectivity index (χ0v) is 13.9. The lowest BCUT2D eigenvalue weighted by atomic mass is 10.1. The summed E-state index contributed by atoms with van der Waals surface area (Å²) in [6.45, 7) is 4.52. The number of esters is 1. The number of rotatable bonds is 5. The lowest BCUT2D eigenvalue weighted by Gasteiger charge is -2.17. The molecule has 0 bridgehead atoms. The lowest BCUT2D eigenvalue weighted by Crippen LogP contribution is -2.24. The molecule has 5 nitrogen and oxygen atoms in total. The lowest BCUT2D eigenvalue weighted by molar-refractivity contribution is -0.147. The Hall–Kier alpha value is -1.27. The Bertz CT molecular complexity index is 521. The first-order chi connectivity index (χ1) is 10.0. The van der Waals surface area contributed by atoms with Crippen molar-refractivity contribution in [1.82, 2.24) is 4.90 Å². The molecule has 2 rings (SSSR count). The van der Waals surface area contributed by atoms with Crippen LogP contribution in [-0.4, -0.2) is 42.8 Å². The number of halogens is 1. The predicted molar refractivity (Wildman–Crippen MR) is 82.4 cm³/mol. The molecule has 1 heterocycles. The topological polar surface area (TPSA) is 59.0 Å². The Morgan fingerprint density at radius 1 is 1.52 bits per heavy atom. The highest BCUT2D eigenvalue weighted by atomic mass is 79.9. The molecule has 0 spiro atoms. The van der Waals surface area contributed by atoms with Crippen LogP contribution in [0.3, 0.4) is 0 Å². The molecule has 1 aliphatic rings. The number of phenolic OH excluding ortho intramolecular Hbond substituents is 1. The van der Waals surface area contributed by atoms with Crippen LogP contribution in [0.4, 0.5) is 0 Å². The number of methoxy groups -OCH3 is 1. The van der Waals surface area contributed by atoms with Crippen LogP contribution in [0.15, 0.2) is 16.6 Å². The molecule has 116 valence electrons. The van der Waals surface area contributed by atoms with Crippen LogP contribution >= 0.6 is 15.9 Å². The maximum absolute atomic E-state index is 11.7. The zero-order valence-electron chi connectivity index (χ0n) is 12.3. The highest BCUT2D eigenvalue weighted by Crippen LogP contribution is 2.33. The summed E-state index contributed by atoms with van der Waals surface area (Å²) in [7, 11) is 1.53. The molecule has 1 aromatic rings. The Kier molecular flexibility index (Phi) is 5.47. The van der Waals surface area contributed by atoms with E-state index in [0.29, 0.717) is 25.4 Å². The first kappa shape index (κ1) is 16.1. The molecular weight excluding hydrogens is 338 g/mol. The Labute approximate surface area is 133 Å². The molecule has 0 aromatic heterocycles. The number of ether oxygens (including phenoxy) is 2. The van der Waals surface area contributed by atoms with E-state index in [9.17, 15) is 9.90 Å². The quantitative estimate of drug-likeness (QED) is 0.820. The highest BCUT2D eigenvalue weighted by Gasteiger charge is 2.29. The molecule has 21 heavy (non-hydrogen) atoms. The van der Waals surface area contributed by atoms with Gasteiger partial charge in [-0.2, -0.15) is 0 Å². The normalized spacial score (nSPS) is 18.7. The van der Waals surface area contributed by atoms with Crippen molar-refractivity contribution < 1.29 is 19.4 Å². The first-order valence-electron chi connectivity index (χ1n) is 6.99. The van der Waals surface area contributed by atoms with E-state index < -0.39 is 0 Å². The van der Waals surface area contributed by atoms with Gasteiger partial charge in [0.1, 0.15) is 0 Å². The minimum atomic E-state index is -0.109. The number of hydrogen-bond donors (Lipinski definition) is 1. The van der Waals surface area contributed by atoms with Crippen molar-refractivity contribution in [3.8, 4) is 11.5 Å². The standard InChI is InChI=1S/C15H20BrNO4/c1-3-21-15(19)10-4-5-17(8-10)9-11-6-14(20-2)13(18)7-12(11)16/h6-7,10,18H,3-5,8-9H2,1-2H3/t10-/m1/s1. The molecule has 0 unspecified atom stereocenters. The molecule has 6 heteroatoms. The molecule has 1 N–H and O–H groups in total. The van der Waals surface area contributed by atoms with E-state index in [1.54, 1.807) is 6.07 Å². The Balaban J connectivity index is 2.02. The van der Waals surface area contributed by atoms with E-state index in [1.807, 2.05) is 13.0 Å². The van der Waals surface area contributed by atoms with Gasteiger partial charge >= 0.3 is 5.97 Å². The maximum Gasteiger partial charge on any atom is 0.310 e. The van der Waals surface area contributed by atoms with Crippen molar-refractivity contribution in [2.45, 2.75) is 19.9 Å². The van der Waals surface area contributed by atoms with Crippen LogP contribution in [0.25, 0.3) is 0 Å². The van der Waals surface area contributed by atoms with Gasteiger partial charge in [0, 0.05) is 17.6 Å². The van der Waals surface area contributed by atoms with E-state index in [0.717, 1.165) is 23.0 Å². The molecular formula is C15H20BrNO4. The van der Waals surface area contributed by atoms with Gasteiger partial charge in [-0.1, -0.05) is 15.9 Å². The zero-order chi connectivity index (χ0) is 15.4. The Morgan fingerprint density at radius 3 is 2.95 bits per heavy atom. The molecule has 1 saturated heterocycles. The van der Waals surface area contributed by atoms with E-state index in [-0.39, 0.29) is 17.6 Å². The summed E-state index contributed by atoms with van der Waals surface area (Å²) < 4.78 is 11.0. The van der Waals surface area contributed by atoms with E-state index in [4.69, 9.17) is 9.47 Å². The van der Waals surface area contributed by atoms with Gasteiger partial charge in [0.05, 0.1) is 19.6 Å². The van der Waals surface area contributed by atoms with Gasteiger partial charge in [-0.05, 0) is 37.6 Å². The first-order valence-corrected chi connectivity index (χ1v) is 7.78. The summed E-state index contributed by atoms with van der Waals surface area (Å²) in [6, 6.07) is 3.45. The smallest absolute Gasteiger partial charge is 0.310 e.